The van der Waals surface area contributed by atoms with E-state index in [1.807, 2.05) is 12.1 Å². The molecule has 11 heteroatoms. The van der Waals surface area contributed by atoms with Crippen LogP contribution < -0.4 is 10.7 Å². The average molecular weight is 538 g/mol. The van der Waals surface area contributed by atoms with Gasteiger partial charge < -0.3 is 14.2 Å². The number of hydrogen-bond acceptors (Lipinski definition) is 8. The summed E-state index contributed by atoms with van der Waals surface area (Å²) < 4.78 is 12.8. The number of aromatic amines is 1. The van der Waals surface area contributed by atoms with Crippen LogP contribution in [-0.2, 0) is 11.3 Å². The lowest BCUT2D eigenvalue weighted by Crippen LogP contribution is -2.31. The van der Waals surface area contributed by atoms with E-state index in [-0.39, 0.29) is 18.0 Å². The highest BCUT2D eigenvalue weighted by atomic mass is 35.5. The number of methoxy groups -OCH3 is 1. The van der Waals surface area contributed by atoms with Crippen molar-refractivity contribution < 1.29 is 9.26 Å². The van der Waals surface area contributed by atoms with E-state index in [2.05, 4.69) is 38.4 Å². The van der Waals surface area contributed by atoms with Crippen LogP contribution in [0.1, 0.15) is 46.0 Å². The van der Waals surface area contributed by atoms with E-state index in [0.29, 0.717) is 22.3 Å². The minimum atomic E-state index is -0.637. The molecule has 0 radical (unpaired) electrons. The van der Waals surface area contributed by atoms with E-state index in [4.69, 9.17) is 30.8 Å². The van der Waals surface area contributed by atoms with Crippen LogP contribution in [-0.4, -0.2) is 55.5 Å². The largest absolute Gasteiger partial charge is 0.439 e. The van der Waals surface area contributed by atoms with Crippen LogP contribution in [0, 0.1) is 11.8 Å². The molecule has 2 aliphatic rings. The van der Waals surface area contributed by atoms with Crippen LogP contribution in [0.2, 0.25) is 5.02 Å². The number of hydrogen-bond donors (Lipinski definition) is 1. The molecule has 1 saturated heterocycles. The first kappa shape index (κ1) is 25.1. The summed E-state index contributed by atoms with van der Waals surface area (Å²) in [7, 11) is 1.77. The Morgan fingerprint density at radius 1 is 1.16 bits per heavy atom. The summed E-state index contributed by atoms with van der Waals surface area (Å²) in [6.45, 7) is 6.18. The van der Waals surface area contributed by atoms with Gasteiger partial charge >= 0.3 is 5.76 Å². The zero-order valence-corrected chi connectivity index (χ0v) is 22.6. The normalized spacial score (nSPS) is 23.9. The zero-order valence-electron chi connectivity index (χ0n) is 21.9. The van der Waals surface area contributed by atoms with Gasteiger partial charge in [-0.15, -0.1) is 0 Å². The lowest BCUT2D eigenvalue weighted by molar-refractivity contribution is 0.118. The summed E-state index contributed by atoms with van der Waals surface area (Å²) in [4.78, 5) is 31.1. The van der Waals surface area contributed by atoms with Gasteiger partial charge in [0.05, 0.1) is 27.9 Å². The number of fused-ring (bicyclic) bond motifs is 1. The van der Waals surface area contributed by atoms with Crippen LogP contribution in [0.4, 0.5) is 5.95 Å². The summed E-state index contributed by atoms with van der Waals surface area (Å²) in [5.41, 5.74) is 3.61. The number of ether oxygens (including phenoxy) is 1. The van der Waals surface area contributed by atoms with Crippen molar-refractivity contribution in [1.29, 1.82) is 0 Å². The molecule has 6 rings (SSSR count). The number of rotatable bonds is 6. The van der Waals surface area contributed by atoms with Gasteiger partial charge in [-0.25, -0.2) is 14.8 Å². The molecule has 200 valence electrons. The molecule has 1 aliphatic heterocycles. The predicted molar refractivity (Wildman–Crippen MR) is 145 cm³/mol. The Balaban J connectivity index is 1.57. The second kappa shape index (κ2) is 10.1. The topological polar surface area (TPSA) is 115 Å². The number of nitrogens with one attached hydrogen (secondary N) is 1. The highest BCUT2D eigenvalue weighted by molar-refractivity contribution is 6.30. The van der Waals surface area contributed by atoms with Crippen LogP contribution in [0.3, 0.4) is 0 Å². The number of nitrogens with zero attached hydrogens (tertiary/aromatic N) is 6. The van der Waals surface area contributed by atoms with Crippen LogP contribution >= 0.6 is 11.6 Å². The molecule has 0 unspecified atom stereocenters. The van der Waals surface area contributed by atoms with Crippen LogP contribution in [0.15, 0.2) is 33.8 Å². The number of H-pyrrole nitrogens is 1. The zero-order chi connectivity index (χ0) is 26.4. The monoisotopic (exact) mass is 537 g/mol. The van der Waals surface area contributed by atoms with E-state index in [9.17, 15) is 4.79 Å². The molecule has 0 bridgehead atoms. The van der Waals surface area contributed by atoms with Gasteiger partial charge in [-0.1, -0.05) is 36.5 Å². The first-order valence-electron chi connectivity index (χ1n) is 13.3. The van der Waals surface area contributed by atoms with Gasteiger partial charge in [0.2, 0.25) is 11.8 Å². The van der Waals surface area contributed by atoms with E-state index in [0.717, 1.165) is 48.0 Å². The SMILES string of the molecule is CO[C@@H]1C[C@@H](C)N(c2nc3cc(-c4noc(=O)[nH]4)nc(-c4cncc(Cl)c4)c3n2CC2CCC(C)CC2)C1. The van der Waals surface area contributed by atoms with E-state index >= 15 is 0 Å². The van der Waals surface area contributed by atoms with Gasteiger partial charge in [0.15, 0.2) is 0 Å². The van der Waals surface area contributed by atoms with Crippen LogP contribution in [0.25, 0.3) is 33.8 Å². The first-order chi connectivity index (χ1) is 18.4. The quantitative estimate of drug-likeness (QED) is 0.368. The third-order valence-electron chi connectivity index (χ3n) is 8.07. The molecule has 2 fully saturated rings. The lowest BCUT2D eigenvalue weighted by Gasteiger charge is -2.29. The van der Waals surface area contributed by atoms with Gasteiger partial charge in [0.1, 0.15) is 5.69 Å². The number of pyridine rings is 2. The third kappa shape index (κ3) is 4.71. The van der Waals surface area contributed by atoms with E-state index in [1.165, 1.54) is 25.7 Å². The Morgan fingerprint density at radius 3 is 2.66 bits per heavy atom. The summed E-state index contributed by atoms with van der Waals surface area (Å²) in [6.07, 6.45) is 9.31. The molecule has 1 N–H and O–H groups in total. The molecular formula is C27H32ClN7O3. The molecule has 2 atom stereocenters. The summed E-state index contributed by atoms with van der Waals surface area (Å²) in [5, 5.41) is 4.39. The molecule has 0 amide bonds. The van der Waals surface area contributed by atoms with Crippen molar-refractivity contribution in [1.82, 2.24) is 29.7 Å². The van der Waals surface area contributed by atoms with Gasteiger partial charge in [-0.2, -0.15) is 0 Å². The molecule has 0 aromatic carbocycles. The van der Waals surface area contributed by atoms with Gasteiger partial charge in [0, 0.05) is 44.2 Å². The standard InChI is InChI=1S/C27H32ClN7O3/c1-15-4-6-17(7-5-15)13-35-24-21(31-26(35)34-14-20(37-3)8-16(34)2)10-22(25-32-27(36)38-33-25)30-23(24)18-9-19(28)12-29-11-18/h9-12,15-17,20H,4-8,13-14H2,1-3H3,(H,32,33,36)/t15?,16-,17?,20-/m1/s1. The minimum Gasteiger partial charge on any atom is -0.380 e. The third-order valence-corrected chi connectivity index (χ3v) is 8.28. The number of imidazole rings is 1. The van der Waals surface area contributed by atoms with Crippen molar-refractivity contribution >= 4 is 28.6 Å². The Bertz CT molecular complexity index is 1500. The Morgan fingerprint density at radius 2 is 1.97 bits per heavy atom. The van der Waals surface area contributed by atoms with Gasteiger partial charge in [-0.05, 0) is 50.2 Å². The van der Waals surface area contributed by atoms with Gasteiger partial charge in [0.25, 0.3) is 0 Å². The molecule has 0 spiro atoms. The summed E-state index contributed by atoms with van der Waals surface area (Å²) in [5.74, 6) is 1.85. The highest BCUT2D eigenvalue weighted by Gasteiger charge is 2.34. The fourth-order valence-corrected chi connectivity index (χ4v) is 6.12. The highest BCUT2D eigenvalue weighted by Crippen LogP contribution is 2.38. The fraction of sp³-hybridized carbons (Fsp3) is 0.519. The maximum Gasteiger partial charge on any atom is 0.439 e. The molecule has 4 aromatic rings. The molecule has 1 aliphatic carbocycles. The Labute approximate surface area is 225 Å². The predicted octanol–water partition coefficient (Wildman–Crippen LogP) is 4.93. The van der Waals surface area contributed by atoms with Crippen molar-refractivity contribution in [3.05, 3.63) is 40.1 Å². The molecule has 10 nitrogen and oxygen atoms in total. The molecule has 5 heterocycles. The van der Waals surface area contributed by atoms with Crippen molar-refractivity contribution in [2.75, 3.05) is 18.6 Å². The Hall–Kier alpha value is -3.24. The lowest BCUT2D eigenvalue weighted by atomic mass is 9.83. The van der Waals surface area contributed by atoms with E-state index in [1.54, 1.807) is 19.5 Å². The fourth-order valence-electron chi connectivity index (χ4n) is 5.94. The van der Waals surface area contributed by atoms with Crippen molar-refractivity contribution in [2.24, 2.45) is 11.8 Å². The number of aromatic nitrogens is 6. The number of anilines is 1. The maximum absolute atomic E-state index is 11.7. The molecule has 38 heavy (non-hydrogen) atoms. The maximum atomic E-state index is 11.7. The average Bonchev–Trinajstić information content (AvgIpc) is 3.61. The second-order valence-electron chi connectivity index (χ2n) is 10.8. The van der Waals surface area contributed by atoms with Crippen molar-refractivity contribution in [3.63, 3.8) is 0 Å². The minimum absolute atomic E-state index is 0.152. The summed E-state index contributed by atoms with van der Waals surface area (Å²) >= 11 is 6.37. The van der Waals surface area contributed by atoms with Gasteiger partial charge in [-0.3, -0.25) is 14.5 Å². The number of halogens is 1. The molecule has 4 aromatic heterocycles. The van der Waals surface area contributed by atoms with Crippen molar-refractivity contribution in [3.8, 4) is 22.8 Å². The first-order valence-corrected chi connectivity index (χ1v) is 13.7. The smallest absolute Gasteiger partial charge is 0.380 e. The molecule has 1 saturated carbocycles. The van der Waals surface area contributed by atoms with E-state index < -0.39 is 5.76 Å². The molecular weight excluding hydrogens is 506 g/mol. The Kier molecular flexibility index (Phi) is 6.69. The van der Waals surface area contributed by atoms with Crippen LogP contribution in [0.5, 0.6) is 0 Å². The second-order valence-corrected chi connectivity index (χ2v) is 11.2. The van der Waals surface area contributed by atoms with Crippen molar-refractivity contribution in [2.45, 2.75) is 64.6 Å². The summed E-state index contributed by atoms with van der Waals surface area (Å²) in [6, 6.07) is 3.99.